The topological polar surface area (TPSA) is 127 Å². The summed E-state index contributed by atoms with van der Waals surface area (Å²) in [5, 5.41) is 29.5. The lowest BCUT2D eigenvalue weighted by atomic mass is 9.58. The maximum atomic E-state index is 14.0. The third kappa shape index (κ3) is 3.03. The summed E-state index contributed by atoms with van der Waals surface area (Å²) < 4.78 is 32.6. The molecule has 1 aromatic carbocycles. The molecule has 0 aromatic heterocycles. The standard InChI is InChI=1S/C21H17F2N5O2/c1-2-30-20(29)28-6-5-13-14(8-24)19(27)21(10-25,11-26)18(15(13)9-28)12-3-4-16(22)17(23)7-12/h3-5,7,15,18H,2,6,9,27H2,1H3/t15-,18-/m1/s1. The van der Waals surface area contributed by atoms with Crippen LogP contribution in [0.5, 0.6) is 0 Å². The van der Waals surface area contributed by atoms with Gasteiger partial charge in [-0.1, -0.05) is 12.1 Å². The molecule has 0 saturated carbocycles. The Morgan fingerprint density at radius 2 is 2.00 bits per heavy atom. The number of amides is 1. The van der Waals surface area contributed by atoms with E-state index in [1.165, 1.54) is 11.0 Å². The van der Waals surface area contributed by atoms with E-state index in [1.807, 2.05) is 18.2 Å². The van der Waals surface area contributed by atoms with Crippen LogP contribution in [0.4, 0.5) is 13.6 Å². The molecule has 0 spiro atoms. The predicted octanol–water partition coefficient (Wildman–Crippen LogP) is 2.85. The van der Waals surface area contributed by atoms with E-state index in [0.29, 0.717) is 5.57 Å². The Hall–Kier alpha value is -3.90. The number of hydrogen-bond acceptors (Lipinski definition) is 6. The van der Waals surface area contributed by atoms with Gasteiger partial charge in [0.05, 0.1) is 30.0 Å². The van der Waals surface area contributed by atoms with E-state index in [-0.39, 0.29) is 36.5 Å². The van der Waals surface area contributed by atoms with E-state index in [0.717, 1.165) is 12.1 Å². The summed E-state index contributed by atoms with van der Waals surface area (Å²) in [5.74, 6) is -3.99. The zero-order valence-electron chi connectivity index (χ0n) is 16.0. The van der Waals surface area contributed by atoms with Gasteiger partial charge in [0.15, 0.2) is 17.0 Å². The molecule has 3 rings (SSSR count). The number of halogens is 2. The van der Waals surface area contributed by atoms with Crippen molar-refractivity contribution in [2.75, 3.05) is 19.7 Å². The van der Waals surface area contributed by atoms with Crippen LogP contribution in [0.25, 0.3) is 0 Å². The number of hydrogen-bond donors (Lipinski definition) is 1. The van der Waals surface area contributed by atoms with Crippen LogP contribution in [0, 0.1) is 57.0 Å². The summed E-state index contributed by atoms with van der Waals surface area (Å²) in [6, 6.07) is 8.83. The van der Waals surface area contributed by atoms with Crippen LogP contribution in [-0.2, 0) is 4.74 Å². The fourth-order valence-corrected chi connectivity index (χ4v) is 4.13. The maximum Gasteiger partial charge on any atom is 0.410 e. The van der Waals surface area contributed by atoms with Crippen LogP contribution in [0.15, 0.2) is 41.1 Å². The molecule has 2 aliphatic rings. The minimum atomic E-state index is -2.00. The third-order valence-corrected chi connectivity index (χ3v) is 5.49. The number of benzene rings is 1. The van der Waals surface area contributed by atoms with E-state index >= 15 is 0 Å². The SMILES string of the molecule is CCOC(=O)N1CC=C2C(C#N)=C(N)C(C#N)(C#N)[C@H](c3ccc(F)c(F)c3)[C@@H]2C1. The summed E-state index contributed by atoms with van der Waals surface area (Å²) in [4.78, 5) is 13.6. The van der Waals surface area contributed by atoms with Gasteiger partial charge < -0.3 is 15.4 Å². The molecule has 152 valence electrons. The van der Waals surface area contributed by atoms with Crippen molar-refractivity contribution in [3.63, 3.8) is 0 Å². The zero-order valence-corrected chi connectivity index (χ0v) is 16.0. The molecule has 0 fully saturated rings. The quantitative estimate of drug-likeness (QED) is 0.800. The number of fused-ring (bicyclic) bond motifs is 1. The normalized spacial score (nSPS) is 22.1. The van der Waals surface area contributed by atoms with E-state index < -0.39 is 35.0 Å². The van der Waals surface area contributed by atoms with Crippen molar-refractivity contribution in [3.05, 3.63) is 58.3 Å². The highest BCUT2D eigenvalue weighted by atomic mass is 19.2. The predicted molar refractivity (Wildman–Crippen MR) is 99.8 cm³/mol. The molecule has 0 unspecified atom stereocenters. The molecule has 2 atom stereocenters. The molecule has 1 heterocycles. The van der Waals surface area contributed by atoms with E-state index in [9.17, 15) is 29.4 Å². The molecule has 0 saturated heterocycles. The summed E-state index contributed by atoms with van der Waals surface area (Å²) in [7, 11) is 0. The second-order valence-corrected chi connectivity index (χ2v) is 6.95. The first-order valence-corrected chi connectivity index (χ1v) is 9.14. The Morgan fingerprint density at radius 3 is 2.57 bits per heavy atom. The third-order valence-electron chi connectivity index (χ3n) is 5.49. The molecule has 0 bridgehead atoms. The second-order valence-electron chi connectivity index (χ2n) is 6.95. The maximum absolute atomic E-state index is 14.0. The number of carbonyl (C=O) groups is 1. The molecule has 0 radical (unpaired) electrons. The highest BCUT2D eigenvalue weighted by molar-refractivity contribution is 5.69. The largest absolute Gasteiger partial charge is 0.450 e. The van der Waals surface area contributed by atoms with Gasteiger partial charge >= 0.3 is 6.09 Å². The molecule has 1 aromatic rings. The highest BCUT2D eigenvalue weighted by Crippen LogP contribution is 2.54. The number of nitrogens with zero attached hydrogens (tertiary/aromatic N) is 4. The van der Waals surface area contributed by atoms with Crippen molar-refractivity contribution in [2.24, 2.45) is 17.1 Å². The number of nitrogens with two attached hydrogens (primary N) is 1. The molecule has 1 aliphatic heterocycles. The molecular formula is C21H17F2N5O2. The minimum Gasteiger partial charge on any atom is -0.450 e. The Labute approximate surface area is 171 Å². The lowest BCUT2D eigenvalue weighted by Gasteiger charge is -2.45. The van der Waals surface area contributed by atoms with Crippen molar-refractivity contribution in [3.8, 4) is 18.2 Å². The number of allylic oxidation sites excluding steroid dienone is 2. The van der Waals surface area contributed by atoms with E-state index in [2.05, 4.69) is 0 Å². The summed E-state index contributed by atoms with van der Waals surface area (Å²) in [6.07, 6.45) is 1.01. The molecule has 2 N–H and O–H groups in total. The van der Waals surface area contributed by atoms with Gasteiger partial charge in [-0.2, -0.15) is 15.8 Å². The fourth-order valence-electron chi connectivity index (χ4n) is 4.13. The van der Waals surface area contributed by atoms with Crippen molar-refractivity contribution >= 4 is 6.09 Å². The molecule has 30 heavy (non-hydrogen) atoms. The lowest BCUT2D eigenvalue weighted by Crippen LogP contribution is -2.49. The van der Waals surface area contributed by atoms with Crippen LogP contribution in [0.2, 0.25) is 0 Å². The number of nitriles is 3. The Kier molecular flexibility index (Phi) is 5.45. The van der Waals surface area contributed by atoms with Gasteiger partial charge in [-0.05, 0) is 30.2 Å². The molecular weight excluding hydrogens is 392 g/mol. The van der Waals surface area contributed by atoms with Crippen LogP contribution < -0.4 is 5.73 Å². The molecule has 1 amide bonds. The smallest absolute Gasteiger partial charge is 0.410 e. The van der Waals surface area contributed by atoms with E-state index in [1.54, 1.807) is 13.0 Å². The Morgan fingerprint density at radius 1 is 1.30 bits per heavy atom. The van der Waals surface area contributed by atoms with Crippen LogP contribution in [0.1, 0.15) is 18.4 Å². The van der Waals surface area contributed by atoms with Gasteiger partial charge in [0, 0.05) is 24.9 Å². The molecule has 9 heteroatoms. The van der Waals surface area contributed by atoms with Crippen molar-refractivity contribution < 1.29 is 18.3 Å². The monoisotopic (exact) mass is 409 g/mol. The minimum absolute atomic E-state index is 0.00885. The second kappa shape index (κ2) is 7.85. The number of carbonyl (C=O) groups excluding carboxylic acids is 1. The summed E-state index contributed by atoms with van der Waals surface area (Å²) in [5.41, 5.74) is 4.51. The highest BCUT2D eigenvalue weighted by Gasteiger charge is 2.55. The first kappa shape index (κ1) is 20.8. The summed E-state index contributed by atoms with van der Waals surface area (Å²) >= 11 is 0. The molecule has 7 nitrogen and oxygen atoms in total. The Balaban J connectivity index is 2.26. The fraction of sp³-hybridized carbons (Fsp3) is 0.333. The summed E-state index contributed by atoms with van der Waals surface area (Å²) in [6.45, 7) is 1.96. The molecule has 1 aliphatic carbocycles. The average molecular weight is 409 g/mol. The van der Waals surface area contributed by atoms with Crippen LogP contribution >= 0.6 is 0 Å². The zero-order chi connectivity index (χ0) is 22.1. The van der Waals surface area contributed by atoms with Gasteiger partial charge in [-0.3, -0.25) is 0 Å². The van der Waals surface area contributed by atoms with Gasteiger partial charge in [0.1, 0.15) is 6.07 Å². The number of ether oxygens (including phenoxy) is 1. The van der Waals surface area contributed by atoms with Crippen LogP contribution in [0.3, 0.4) is 0 Å². The van der Waals surface area contributed by atoms with Gasteiger partial charge in [-0.25, -0.2) is 13.6 Å². The van der Waals surface area contributed by atoms with Crippen molar-refractivity contribution in [1.82, 2.24) is 4.90 Å². The van der Waals surface area contributed by atoms with Gasteiger partial charge in [-0.15, -0.1) is 0 Å². The first-order chi connectivity index (χ1) is 14.3. The van der Waals surface area contributed by atoms with Gasteiger partial charge in [0.25, 0.3) is 0 Å². The van der Waals surface area contributed by atoms with Crippen LogP contribution in [-0.4, -0.2) is 30.7 Å². The first-order valence-electron chi connectivity index (χ1n) is 9.14. The lowest BCUT2D eigenvalue weighted by molar-refractivity contribution is 0.0999. The van der Waals surface area contributed by atoms with Crippen molar-refractivity contribution in [2.45, 2.75) is 12.8 Å². The Bertz CT molecular complexity index is 1080. The average Bonchev–Trinajstić information content (AvgIpc) is 2.75. The number of rotatable bonds is 2. The van der Waals surface area contributed by atoms with Crippen molar-refractivity contribution in [1.29, 1.82) is 15.8 Å². The van der Waals surface area contributed by atoms with Gasteiger partial charge in [0.2, 0.25) is 0 Å². The van der Waals surface area contributed by atoms with E-state index in [4.69, 9.17) is 10.5 Å².